The van der Waals surface area contributed by atoms with Crippen LogP contribution in [-0.4, -0.2) is 11.7 Å². The van der Waals surface area contributed by atoms with Crippen LogP contribution in [0, 0.1) is 24.4 Å². The van der Waals surface area contributed by atoms with E-state index in [-0.39, 0.29) is 17.7 Å². The molecule has 2 nitrogen and oxygen atoms in total. The maximum Gasteiger partial charge on any atom is 0.131 e. The van der Waals surface area contributed by atoms with Crippen LogP contribution >= 0.6 is 0 Å². The molecule has 0 aliphatic carbocycles. The lowest BCUT2D eigenvalue weighted by Gasteiger charge is -2.23. The zero-order valence-electron chi connectivity index (χ0n) is 11.5. The molecule has 2 unspecified atom stereocenters. The van der Waals surface area contributed by atoms with Crippen LogP contribution in [0.25, 0.3) is 0 Å². The number of halogens is 3. The molecule has 112 valence electrons. The first-order valence-electron chi connectivity index (χ1n) is 6.53. The average molecular weight is 295 g/mol. The molecule has 0 aliphatic rings. The molecule has 0 spiro atoms. The molecule has 2 aromatic rings. The molecule has 0 bridgehead atoms. The van der Waals surface area contributed by atoms with Gasteiger partial charge >= 0.3 is 0 Å². The van der Waals surface area contributed by atoms with Crippen LogP contribution < -0.4 is 5.73 Å². The van der Waals surface area contributed by atoms with Gasteiger partial charge in [0.1, 0.15) is 17.5 Å². The van der Waals surface area contributed by atoms with E-state index < -0.39 is 29.5 Å². The zero-order chi connectivity index (χ0) is 15.6. The SMILES string of the molecule is Cc1cc(C(O)C(CN)c2ccc(F)cc2)c(F)cc1F. The predicted octanol–water partition coefficient (Wildman–Crippen LogP) is 3.19. The van der Waals surface area contributed by atoms with Gasteiger partial charge in [0, 0.05) is 24.1 Å². The Hall–Kier alpha value is -1.85. The maximum atomic E-state index is 13.9. The molecule has 5 heteroatoms. The molecule has 21 heavy (non-hydrogen) atoms. The summed E-state index contributed by atoms with van der Waals surface area (Å²) in [5, 5.41) is 10.4. The van der Waals surface area contributed by atoms with Crippen LogP contribution in [0.4, 0.5) is 13.2 Å². The van der Waals surface area contributed by atoms with E-state index in [1.165, 1.54) is 37.3 Å². The van der Waals surface area contributed by atoms with Gasteiger partial charge in [0.25, 0.3) is 0 Å². The smallest absolute Gasteiger partial charge is 0.131 e. The van der Waals surface area contributed by atoms with Crippen LogP contribution in [0.2, 0.25) is 0 Å². The summed E-state index contributed by atoms with van der Waals surface area (Å²) < 4.78 is 40.1. The summed E-state index contributed by atoms with van der Waals surface area (Å²) in [7, 11) is 0. The third-order valence-electron chi connectivity index (χ3n) is 3.53. The standard InChI is InChI=1S/C16H16F3NO/c1-9-6-12(15(19)7-14(9)18)16(21)13(8-20)10-2-4-11(17)5-3-10/h2-7,13,16,21H,8,20H2,1H3. The first-order valence-corrected chi connectivity index (χ1v) is 6.53. The second kappa shape index (κ2) is 6.28. The van der Waals surface area contributed by atoms with Crippen LogP contribution in [0.3, 0.4) is 0 Å². The van der Waals surface area contributed by atoms with Gasteiger partial charge in [-0.2, -0.15) is 0 Å². The van der Waals surface area contributed by atoms with E-state index in [1.807, 2.05) is 0 Å². The Morgan fingerprint density at radius 2 is 1.67 bits per heavy atom. The van der Waals surface area contributed by atoms with Crippen LogP contribution in [-0.2, 0) is 0 Å². The number of rotatable bonds is 4. The third kappa shape index (κ3) is 3.25. The van der Waals surface area contributed by atoms with E-state index in [4.69, 9.17) is 5.73 Å². The minimum Gasteiger partial charge on any atom is -0.388 e. The molecule has 3 N–H and O–H groups in total. The lowest BCUT2D eigenvalue weighted by Crippen LogP contribution is -2.21. The highest BCUT2D eigenvalue weighted by atomic mass is 19.1. The fourth-order valence-corrected chi connectivity index (χ4v) is 2.28. The molecule has 2 aromatic carbocycles. The van der Waals surface area contributed by atoms with Crippen LogP contribution in [0.5, 0.6) is 0 Å². The lowest BCUT2D eigenvalue weighted by atomic mass is 9.88. The summed E-state index contributed by atoms with van der Waals surface area (Å²) in [6.45, 7) is 1.53. The fourth-order valence-electron chi connectivity index (χ4n) is 2.28. The van der Waals surface area contributed by atoms with Crippen molar-refractivity contribution in [2.24, 2.45) is 5.73 Å². The van der Waals surface area contributed by atoms with Gasteiger partial charge in [-0.1, -0.05) is 12.1 Å². The molecule has 0 amide bonds. The molecule has 0 heterocycles. The van der Waals surface area contributed by atoms with Crippen molar-refractivity contribution in [2.45, 2.75) is 18.9 Å². The Labute approximate surface area is 121 Å². The van der Waals surface area contributed by atoms with Crippen molar-refractivity contribution in [1.29, 1.82) is 0 Å². The van der Waals surface area contributed by atoms with Crippen molar-refractivity contribution in [3.8, 4) is 0 Å². The molecular formula is C16H16F3NO. The Balaban J connectivity index is 2.38. The van der Waals surface area contributed by atoms with E-state index in [0.29, 0.717) is 5.56 Å². The summed E-state index contributed by atoms with van der Waals surface area (Å²) in [6, 6.07) is 7.48. The number of aliphatic hydroxyl groups excluding tert-OH is 1. The van der Waals surface area contributed by atoms with Crippen LogP contribution in [0.15, 0.2) is 36.4 Å². The quantitative estimate of drug-likeness (QED) is 0.910. The first kappa shape index (κ1) is 15.5. The van der Waals surface area contributed by atoms with Crippen molar-refractivity contribution < 1.29 is 18.3 Å². The van der Waals surface area contributed by atoms with Crippen LogP contribution in [0.1, 0.15) is 28.7 Å². The molecule has 0 fully saturated rings. The monoisotopic (exact) mass is 295 g/mol. The maximum absolute atomic E-state index is 13.9. The lowest BCUT2D eigenvalue weighted by molar-refractivity contribution is 0.143. The number of aliphatic hydroxyl groups is 1. The van der Waals surface area contributed by atoms with Crippen molar-refractivity contribution in [3.63, 3.8) is 0 Å². The van der Waals surface area contributed by atoms with Crippen molar-refractivity contribution in [1.82, 2.24) is 0 Å². The van der Waals surface area contributed by atoms with E-state index >= 15 is 0 Å². The number of aryl methyl sites for hydroxylation is 1. The van der Waals surface area contributed by atoms with Crippen molar-refractivity contribution in [2.75, 3.05) is 6.54 Å². The molecule has 0 aromatic heterocycles. The van der Waals surface area contributed by atoms with Gasteiger partial charge in [0.05, 0.1) is 6.10 Å². The topological polar surface area (TPSA) is 46.2 Å². The first-order chi connectivity index (χ1) is 9.93. The fraction of sp³-hybridized carbons (Fsp3) is 0.250. The predicted molar refractivity (Wildman–Crippen MR) is 74.3 cm³/mol. The Kier molecular flexibility index (Phi) is 4.65. The second-order valence-corrected chi connectivity index (χ2v) is 4.96. The van der Waals surface area contributed by atoms with E-state index in [0.717, 1.165) is 6.07 Å². The molecule has 0 radical (unpaired) electrons. The highest BCUT2D eigenvalue weighted by Gasteiger charge is 2.25. The minimum absolute atomic E-state index is 0.0197. The molecule has 0 saturated heterocycles. The normalized spacial score (nSPS) is 14.0. The second-order valence-electron chi connectivity index (χ2n) is 4.96. The van der Waals surface area contributed by atoms with Gasteiger partial charge in [0.15, 0.2) is 0 Å². The minimum atomic E-state index is -1.24. The molecular weight excluding hydrogens is 279 g/mol. The summed E-state index contributed by atoms with van der Waals surface area (Å²) in [5.41, 5.74) is 6.46. The van der Waals surface area contributed by atoms with E-state index in [2.05, 4.69) is 0 Å². The Bertz CT molecular complexity index is 628. The Morgan fingerprint density at radius 1 is 1.05 bits per heavy atom. The van der Waals surface area contributed by atoms with Gasteiger partial charge in [-0.15, -0.1) is 0 Å². The molecule has 0 aliphatic heterocycles. The summed E-state index contributed by atoms with van der Waals surface area (Å²) in [6.07, 6.45) is -1.24. The van der Waals surface area contributed by atoms with Crippen molar-refractivity contribution >= 4 is 0 Å². The van der Waals surface area contributed by atoms with E-state index in [9.17, 15) is 18.3 Å². The highest BCUT2D eigenvalue weighted by molar-refractivity contribution is 5.31. The van der Waals surface area contributed by atoms with Gasteiger partial charge in [-0.25, -0.2) is 13.2 Å². The number of hydrogen-bond acceptors (Lipinski definition) is 2. The number of benzene rings is 2. The summed E-state index contributed by atoms with van der Waals surface area (Å²) in [4.78, 5) is 0. The molecule has 2 atom stereocenters. The largest absolute Gasteiger partial charge is 0.388 e. The number of hydrogen-bond donors (Lipinski definition) is 2. The van der Waals surface area contributed by atoms with E-state index in [1.54, 1.807) is 0 Å². The Morgan fingerprint density at radius 3 is 2.24 bits per heavy atom. The van der Waals surface area contributed by atoms with Gasteiger partial charge in [-0.05, 0) is 36.2 Å². The molecule has 0 saturated carbocycles. The zero-order valence-corrected chi connectivity index (χ0v) is 11.5. The third-order valence-corrected chi connectivity index (χ3v) is 3.53. The summed E-state index contributed by atoms with van der Waals surface area (Å²) >= 11 is 0. The summed E-state index contributed by atoms with van der Waals surface area (Å²) in [5.74, 6) is -2.52. The van der Waals surface area contributed by atoms with Crippen molar-refractivity contribution in [3.05, 3.63) is 70.5 Å². The van der Waals surface area contributed by atoms with Gasteiger partial charge < -0.3 is 10.8 Å². The van der Waals surface area contributed by atoms with Gasteiger partial charge in [0.2, 0.25) is 0 Å². The molecule has 2 rings (SSSR count). The number of nitrogens with two attached hydrogens (primary N) is 1. The average Bonchev–Trinajstić information content (AvgIpc) is 2.45. The van der Waals surface area contributed by atoms with Gasteiger partial charge in [-0.3, -0.25) is 0 Å². The highest BCUT2D eigenvalue weighted by Crippen LogP contribution is 2.32.